The fourth-order valence-electron chi connectivity index (χ4n) is 2.69. The fraction of sp³-hybridized carbons (Fsp3) is 0.364. The van der Waals surface area contributed by atoms with Crippen molar-refractivity contribution in [2.75, 3.05) is 46.3 Å². The lowest BCUT2D eigenvalue weighted by Crippen LogP contribution is -2.25. The van der Waals surface area contributed by atoms with Crippen LogP contribution in [0.5, 0.6) is 11.5 Å². The summed E-state index contributed by atoms with van der Waals surface area (Å²) in [5.41, 5.74) is 5.75. The highest BCUT2D eigenvalue weighted by Gasteiger charge is 2.04. The zero-order valence-corrected chi connectivity index (χ0v) is 20.0. The van der Waals surface area contributed by atoms with Gasteiger partial charge in [-0.1, -0.05) is 18.2 Å². The van der Waals surface area contributed by atoms with Crippen LogP contribution in [-0.4, -0.2) is 53.5 Å². The van der Waals surface area contributed by atoms with Gasteiger partial charge >= 0.3 is 0 Å². The molecule has 0 heterocycles. The fourth-order valence-corrected chi connectivity index (χ4v) is 2.69. The molecule has 172 valence electrons. The molecule has 31 heavy (non-hydrogen) atoms. The maximum atomic E-state index is 11.9. The number of carbonyl (C=O) groups excluding carboxylic acids is 1. The third-order valence-corrected chi connectivity index (χ3v) is 4.38. The highest BCUT2D eigenvalue weighted by Crippen LogP contribution is 2.27. The number of nitrogens with one attached hydrogen (secondary N) is 2. The Morgan fingerprint density at radius 2 is 1.68 bits per heavy atom. The number of hydrazone groups is 1. The Labute approximate surface area is 197 Å². The number of methoxy groups -OCH3 is 2. The van der Waals surface area contributed by atoms with Gasteiger partial charge in [-0.3, -0.25) is 4.79 Å². The zero-order valence-electron chi connectivity index (χ0n) is 18.4. The van der Waals surface area contributed by atoms with E-state index in [0.717, 1.165) is 41.3 Å². The molecule has 2 aromatic carbocycles. The van der Waals surface area contributed by atoms with Crippen molar-refractivity contribution in [3.8, 4) is 11.5 Å². The Morgan fingerprint density at radius 1 is 1.00 bits per heavy atom. The van der Waals surface area contributed by atoms with E-state index in [1.165, 1.54) is 0 Å². The second kappa shape index (κ2) is 15.3. The van der Waals surface area contributed by atoms with Gasteiger partial charge in [-0.25, -0.2) is 5.43 Å². The van der Waals surface area contributed by atoms with Crippen LogP contribution in [0, 0.1) is 0 Å². The maximum absolute atomic E-state index is 11.9. The number of hydrogen-bond acceptors (Lipinski definition) is 6. The van der Waals surface area contributed by atoms with Crippen LogP contribution in [0.4, 0.5) is 5.69 Å². The van der Waals surface area contributed by atoms with Crippen molar-refractivity contribution in [2.24, 2.45) is 5.10 Å². The average molecular weight is 471 g/mol. The predicted molar refractivity (Wildman–Crippen MR) is 132 cm³/mol. The van der Waals surface area contributed by atoms with Crippen LogP contribution >= 0.6 is 24.8 Å². The highest BCUT2D eigenvalue weighted by molar-refractivity contribution is 5.85. The quantitative estimate of drug-likeness (QED) is 0.299. The zero-order chi connectivity index (χ0) is 21.1. The molecule has 2 rings (SSSR count). The predicted octanol–water partition coefficient (Wildman–Crippen LogP) is 3.29. The molecule has 0 saturated carbocycles. The first-order valence-electron chi connectivity index (χ1n) is 9.54. The SMILES string of the molecule is COc1ccc(CCNCCC(=O)N/N=C/c2ccc(N(C)C)cc2)cc1OC.Cl.Cl. The Hall–Kier alpha value is -2.48. The van der Waals surface area contributed by atoms with Crippen molar-refractivity contribution in [1.29, 1.82) is 0 Å². The van der Waals surface area contributed by atoms with Crippen molar-refractivity contribution >= 4 is 42.6 Å². The molecule has 7 nitrogen and oxygen atoms in total. The van der Waals surface area contributed by atoms with Gasteiger partial charge in [-0.05, 0) is 48.4 Å². The van der Waals surface area contributed by atoms with Gasteiger partial charge in [-0.15, -0.1) is 24.8 Å². The number of hydrogen-bond donors (Lipinski definition) is 2. The first-order valence-corrected chi connectivity index (χ1v) is 9.54. The molecular formula is C22H32Cl2N4O3. The first-order chi connectivity index (χ1) is 14.0. The van der Waals surface area contributed by atoms with E-state index in [1.54, 1.807) is 20.4 Å². The van der Waals surface area contributed by atoms with Crippen LogP contribution in [0.2, 0.25) is 0 Å². The van der Waals surface area contributed by atoms with Crippen LogP contribution in [0.1, 0.15) is 17.5 Å². The molecule has 0 radical (unpaired) electrons. The normalized spacial score (nSPS) is 10.1. The standard InChI is InChI=1S/C22H30N4O3.2ClH/c1-26(2)19-8-5-18(6-9-19)16-24-25-22(27)12-14-23-13-11-17-7-10-20(28-3)21(15-17)29-4;;/h5-10,15-16,23H,11-14H2,1-4H3,(H,25,27);2*1H/b24-16+;;. The second-order valence-electron chi connectivity index (χ2n) is 6.72. The Morgan fingerprint density at radius 3 is 2.29 bits per heavy atom. The molecule has 0 unspecified atom stereocenters. The summed E-state index contributed by atoms with van der Waals surface area (Å²) in [5.74, 6) is 1.32. The topological polar surface area (TPSA) is 75.2 Å². The van der Waals surface area contributed by atoms with E-state index in [2.05, 4.69) is 15.8 Å². The summed E-state index contributed by atoms with van der Waals surface area (Å²) >= 11 is 0. The Kier molecular flexibility index (Phi) is 14.1. The largest absolute Gasteiger partial charge is 0.493 e. The minimum absolute atomic E-state index is 0. The molecule has 0 aromatic heterocycles. The minimum atomic E-state index is -0.121. The molecule has 1 amide bonds. The van der Waals surface area contributed by atoms with Gasteiger partial charge < -0.3 is 19.7 Å². The molecule has 0 aliphatic rings. The molecule has 0 atom stereocenters. The third-order valence-electron chi connectivity index (χ3n) is 4.38. The molecule has 0 bridgehead atoms. The number of halogens is 2. The van der Waals surface area contributed by atoms with Crippen molar-refractivity contribution in [3.63, 3.8) is 0 Å². The maximum Gasteiger partial charge on any atom is 0.241 e. The number of benzene rings is 2. The van der Waals surface area contributed by atoms with E-state index in [-0.39, 0.29) is 30.7 Å². The van der Waals surface area contributed by atoms with Gasteiger partial charge in [0, 0.05) is 32.7 Å². The second-order valence-corrected chi connectivity index (χ2v) is 6.72. The van der Waals surface area contributed by atoms with Crippen LogP contribution in [0.15, 0.2) is 47.6 Å². The lowest BCUT2D eigenvalue weighted by molar-refractivity contribution is -0.120. The van der Waals surface area contributed by atoms with E-state index >= 15 is 0 Å². The van der Waals surface area contributed by atoms with Crippen LogP contribution in [0.25, 0.3) is 0 Å². The minimum Gasteiger partial charge on any atom is -0.493 e. The molecule has 0 saturated heterocycles. The molecule has 0 spiro atoms. The van der Waals surface area contributed by atoms with E-state index in [4.69, 9.17) is 9.47 Å². The number of nitrogens with zero attached hydrogens (tertiary/aromatic N) is 2. The molecule has 9 heteroatoms. The molecule has 2 aromatic rings. The van der Waals surface area contributed by atoms with E-state index in [9.17, 15) is 4.79 Å². The van der Waals surface area contributed by atoms with Crippen molar-refractivity contribution in [1.82, 2.24) is 10.7 Å². The van der Waals surface area contributed by atoms with E-state index < -0.39 is 0 Å². The Bertz CT molecular complexity index is 815. The lowest BCUT2D eigenvalue weighted by atomic mass is 10.1. The van der Waals surface area contributed by atoms with Gasteiger partial charge in [0.2, 0.25) is 5.91 Å². The number of anilines is 1. The summed E-state index contributed by atoms with van der Waals surface area (Å²) in [4.78, 5) is 13.9. The van der Waals surface area contributed by atoms with Gasteiger partial charge in [0.15, 0.2) is 11.5 Å². The highest BCUT2D eigenvalue weighted by atomic mass is 35.5. The molecular weight excluding hydrogens is 439 g/mol. The summed E-state index contributed by atoms with van der Waals surface area (Å²) in [6, 6.07) is 13.8. The van der Waals surface area contributed by atoms with E-state index in [1.807, 2.05) is 61.5 Å². The smallest absolute Gasteiger partial charge is 0.241 e. The number of rotatable bonds is 11. The average Bonchev–Trinajstić information content (AvgIpc) is 2.73. The van der Waals surface area contributed by atoms with Gasteiger partial charge in [0.05, 0.1) is 20.4 Å². The van der Waals surface area contributed by atoms with Crippen molar-refractivity contribution < 1.29 is 14.3 Å². The van der Waals surface area contributed by atoms with Crippen LogP contribution in [0.3, 0.4) is 0 Å². The Balaban J connectivity index is 0.00000450. The molecule has 0 fully saturated rings. The lowest BCUT2D eigenvalue weighted by Gasteiger charge is -2.11. The summed E-state index contributed by atoms with van der Waals surface area (Å²) in [6.45, 7) is 1.36. The number of carbonyl (C=O) groups is 1. The van der Waals surface area contributed by atoms with Crippen molar-refractivity contribution in [3.05, 3.63) is 53.6 Å². The molecule has 2 N–H and O–H groups in total. The number of amides is 1. The summed E-state index contributed by atoms with van der Waals surface area (Å²) in [5, 5.41) is 7.27. The number of ether oxygens (including phenoxy) is 2. The summed E-state index contributed by atoms with van der Waals surface area (Å²) < 4.78 is 10.5. The summed E-state index contributed by atoms with van der Waals surface area (Å²) in [6.07, 6.45) is 2.84. The molecule has 0 aliphatic carbocycles. The first kappa shape index (κ1) is 28.5. The van der Waals surface area contributed by atoms with Crippen molar-refractivity contribution in [2.45, 2.75) is 12.8 Å². The van der Waals surface area contributed by atoms with E-state index in [0.29, 0.717) is 13.0 Å². The van der Waals surface area contributed by atoms with Gasteiger partial charge in [0.25, 0.3) is 0 Å². The van der Waals surface area contributed by atoms with Gasteiger partial charge in [0.1, 0.15) is 0 Å². The third kappa shape index (κ3) is 9.91. The van der Waals surface area contributed by atoms with Gasteiger partial charge in [-0.2, -0.15) is 5.10 Å². The van der Waals surface area contributed by atoms with Crippen LogP contribution < -0.4 is 25.1 Å². The summed E-state index contributed by atoms with van der Waals surface area (Å²) in [7, 11) is 7.23. The monoisotopic (exact) mass is 470 g/mol. The molecule has 0 aliphatic heterocycles. The van der Waals surface area contributed by atoms with Crippen LogP contribution in [-0.2, 0) is 11.2 Å².